The molecule has 0 radical (unpaired) electrons. The van der Waals surface area contributed by atoms with E-state index in [2.05, 4.69) is 0 Å². The van der Waals surface area contributed by atoms with E-state index in [9.17, 15) is 9.59 Å². The van der Waals surface area contributed by atoms with Crippen molar-refractivity contribution in [3.05, 3.63) is 57.2 Å². The molecule has 6 heteroatoms. The molecule has 1 aromatic carbocycles. The fourth-order valence-electron chi connectivity index (χ4n) is 2.24. The number of amides is 1. The lowest BCUT2D eigenvalue weighted by molar-refractivity contribution is -0.144. The standard InChI is InChI=1S/C18H20ClNO3S/c1-2-23-18(22)9-10-20(13-14-5-7-15(19)8-6-14)17(21)12-16-4-3-11-24-16/h3-8,11H,2,9-10,12-13H2,1H3. The number of benzene rings is 1. The van der Waals surface area contributed by atoms with Gasteiger partial charge in [-0.3, -0.25) is 9.59 Å². The Morgan fingerprint density at radius 3 is 2.58 bits per heavy atom. The predicted molar refractivity (Wildman–Crippen MR) is 96.1 cm³/mol. The number of thiophene rings is 1. The van der Waals surface area contributed by atoms with Crippen molar-refractivity contribution in [2.24, 2.45) is 0 Å². The SMILES string of the molecule is CCOC(=O)CCN(Cc1ccc(Cl)cc1)C(=O)Cc1cccs1. The summed E-state index contributed by atoms with van der Waals surface area (Å²) in [5.74, 6) is -0.292. The smallest absolute Gasteiger partial charge is 0.307 e. The van der Waals surface area contributed by atoms with Crippen molar-refractivity contribution in [2.75, 3.05) is 13.2 Å². The molecule has 0 saturated heterocycles. The maximum Gasteiger partial charge on any atom is 0.307 e. The largest absolute Gasteiger partial charge is 0.466 e. The molecule has 0 saturated carbocycles. The summed E-state index contributed by atoms with van der Waals surface area (Å²) in [6.07, 6.45) is 0.533. The Morgan fingerprint density at radius 1 is 1.21 bits per heavy atom. The predicted octanol–water partition coefficient (Wildman–Crippen LogP) is 3.93. The molecule has 0 aliphatic heterocycles. The highest BCUT2D eigenvalue weighted by atomic mass is 35.5. The highest BCUT2D eigenvalue weighted by molar-refractivity contribution is 7.10. The second-order valence-electron chi connectivity index (χ2n) is 5.25. The van der Waals surface area contributed by atoms with Crippen LogP contribution in [0.15, 0.2) is 41.8 Å². The highest BCUT2D eigenvalue weighted by Gasteiger charge is 2.17. The van der Waals surface area contributed by atoms with Gasteiger partial charge < -0.3 is 9.64 Å². The molecule has 0 aliphatic carbocycles. The van der Waals surface area contributed by atoms with Gasteiger partial charge in [-0.25, -0.2) is 0 Å². The van der Waals surface area contributed by atoms with Crippen LogP contribution in [-0.2, 0) is 27.3 Å². The van der Waals surface area contributed by atoms with Gasteiger partial charge in [0.05, 0.1) is 19.4 Å². The third-order valence-corrected chi connectivity index (χ3v) is 4.56. The van der Waals surface area contributed by atoms with Crippen LogP contribution in [0, 0.1) is 0 Å². The van der Waals surface area contributed by atoms with Crippen LogP contribution in [0.5, 0.6) is 0 Å². The molecule has 0 aliphatic rings. The summed E-state index contributed by atoms with van der Waals surface area (Å²) in [5.41, 5.74) is 0.975. The topological polar surface area (TPSA) is 46.6 Å². The van der Waals surface area contributed by atoms with E-state index in [1.54, 1.807) is 35.3 Å². The highest BCUT2D eigenvalue weighted by Crippen LogP contribution is 2.15. The van der Waals surface area contributed by atoms with E-state index in [0.29, 0.717) is 31.1 Å². The second kappa shape index (κ2) is 9.45. The molecule has 1 aromatic heterocycles. The van der Waals surface area contributed by atoms with E-state index >= 15 is 0 Å². The van der Waals surface area contributed by atoms with Gasteiger partial charge in [-0.1, -0.05) is 29.8 Å². The van der Waals surface area contributed by atoms with Crippen molar-refractivity contribution in [1.29, 1.82) is 0 Å². The zero-order chi connectivity index (χ0) is 17.4. The normalized spacial score (nSPS) is 10.4. The minimum absolute atomic E-state index is 0.00306. The maximum absolute atomic E-state index is 12.6. The Morgan fingerprint density at radius 2 is 1.96 bits per heavy atom. The van der Waals surface area contributed by atoms with E-state index in [4.69, 9.17) is 16.3 Å². The summed E-state index contributed by atoms with van der Waals surface area (Å²) in [4.78, 5) is 26.9. The molecule has 24 heavy (non-hydrogen) atoms. The number of ether oxygens (including phenoxy) is 1. The average molecular weight is 366 g/mol. The molecular formula is C18H20ClNO3S. The van der Waals surface area contributed by atoms with Gasteiger partial charge in [0, 0.05) is 23.0 Å². The maximum atomic E-state index is 12.6. The number of nitrogens with zero attached hydrogens (tertiary/aromatic N) is 1. The summed E-state index contributed by atoms with van der Waals surface area (Å²) < 4.78 is 4.95. The van der Waals surface area contributed by atoms with E-state index < -0.39 is 0 Å². The van der Waals surface area contributed by atoms with Crippen LogP contribution in [0.3, 0.4) is 0 Å². The van der Waals surface area contributed by atoms with Crippen LogP contribution in [0.1, 0.15) is 23.8 Å². The van der Waals surface area contributed by atoms with Crippen LogP contribution in [-0.4, -0.2) is 29.9 Å². The third kappa shape index (κ3) is 5.98. The Bertz CT molecular complexity index is 655. The molecule has 1 heterocycles. The number of hydrogen-bond acceptors (Lipinski definition) is 4. The Labute approximate surface area is 151 Å². The van der Waals surface area contributed by atoms with Gasteiger partial charge in [0.25, 0.3) is 0 Å². The minimum atomic E-state index is -0.289. The van der Waals surface area contributed by atoms with Gasteiger partial charge in [-0.2, -0.15) is 0 Å². The quantitative estimate of drug-likeness (QED) is 0.666. The molecule has 4 nitrogen and oxygen atoms in total. The lowest BCUT2D eigenvalue weighted by Gasteiger charge is -2.22. The molecule has 128 valence electrons. The number of hydrogen-bond donors (Lipinski definition) is 0. The fourth-order valence-corrected chi connectivity index (χ4v) is 3.06. The van der Waals surface area contributed by atoms with Crippen molar-refractivity contribution in [2.45, 2.75) is 26.3 Å². The molecule has 2 rings (SSSR count). The molecule has 0 bridgehead atoms. The van der Waals surface area contributed by atoms with Crippen molar-refractivity contribution in [3.63, 3.8) is 0 Å². The summed E-state index contributed by atoms with van der Waals surface area (Å²) >= 11 is 7.46. The number of carbonyl (C=O) groups excluding carboxylic acids is 2. The van der Waals surface area contributed by atoms with Crippen molar-refractivity contribution < 1.29 is 14.3 Å². The number of halogens is 1. The first-order valence-corrected chi connectivity index (χ1v) is 9.04. The van der Waals surface area contributed by atoms with Crippen LogP contribution >= 0.6 is 22.9 Å². The third-order valence-electron chi connectivity index (χ3n) is 3.44. The average Bonchev–Trinajstić information content (AvgIpc) is 3.06. The molecule has 1 amide bonds. The Kier molecular flexibility index (Phi) is 7.28. The van der Waals surface area contributed by atoms with Crippen molar-refractivity contribution >= 4 is 34.8 Å². The van der Waals surface area contributed by atoms with E-state index in [1.807, 2.05) is 29.6 Å². The van der Waals surface area contributed by atoms with Crippen molar-refractivity contribution in [3.8, 4) is 0 Å². The lowest BCUT2D eigenvalue weighted by atomic mass is 10.2. The summed E-state index contributed by atoms with van der Waals surface area (Å²) in [6.45, 7) is 2.90. The molecule has 0 spiro atoms. The summed E-state index contributed by atoms with van der Waals surface area (Å²) in [7, 11) is 0. The van der Waals surface area contributed by atoms with Gasteiger partial charge in [-0.15, -0.1) is 11.3 Å². The number of carbonyl (C=O) groups is 2. The Hall–Kier alpha value is -1.85. The van der Waals surface area contributed by atoms with Crippen molar-refractivity contribution in [1.82, 2.24) is 4.90 Å². The first-order valence-electron chi connectivity index (χ1n) is 7.78. The fraction of sp³-hybridized carbons (Fsp3) is 0.333. The lowest BCUT2D eigenvalue weighted by Crippen LogP contribution is -2.33. The number of esters is 1. The van der Waals surface area contributed by atoms with Crippen LogP contribution < -0.4 is 0 Å². The van der Waals surface area contributed by atoms with Gasteiger partial charge in [0.1, 0.15) is 0 Å². The minimum Gasteiger partial charge on any atom is -0.466 e. The van der Waals surface area contributed by atoms with Crippen LogP contribution in [0.2, 0.25) is 5.02 Å². The molecule has 0 N–H and O–H groups in total. The second-order valence-corrected chi connectivity index (χ2v) is 6.72. The molecular weight excluding hydrogens is 346 g/mol. The van der Waals surface area contributed by atoms with Gasteiger partial charge >= 0.3 is 5.97 Å². The van der Waals surface area contributed by atoms with Crippen LogP contribution in [0.4, 0.5) is 0 Å². The monoisotopic (exact) mass is 365 g/mol. The molecule has 0 fully saturated rings. The number of rotatable bonds is 8. The van der Waals surface area contributed by atoms with Gasteiger partial charge in [0.15, 0.2) is 0 Å². The summed E-state index contributed by atoms with van der Waals surface area (Å²) in [5, 5.41) is 2.60. The van der Waals surface area contributed by atoms with E-state index in [1.165, 1.54) is 0 Å². The van der Waals surface area contributed by atoms with Gasteiger partial charge in [-0.05, 0) is 36.1 Å². The first-order chi connectivity index (χ1) is 11.6. The van der Waals surface area contributed by atoms with Gasteiger partial charge in [0.2, 0.25) is 5.91 Å². The zero-order valence-electron chi connectivity index (χ0n) is 13.5. The van der Waals surface area contributed by atoms with E-state index in [0.717, 1.165) is 10.4 Å². The zero-order valence-corrected chi connectivity index (χ0v) is 15.1. The molecule has 0 atom stereocenters. The first kappa shape index (κ1) is 18.5. The molecule has 0 unspecified atom stereocenters. The Balaban J connectivity index is 2.03. The van der Waals surface area contributed by atoms with E-state index in [-0.39, 0.29) is 18.3 Å². The van der Waals surface area contributed by atoms with Crippen LogP contribution in [0.25, 0.3) is 0 Å². The molecule has 2 aromatic rings. The summed E-state index contributed by atoms with van der Waals surface area (Å²) in [6, 6.07) is 11.2.